The molecule has 19 heteroatoms. The molecule has 0 aliphatic carbocycles. The normalized spacial score (nSPS) is 16.2. The molecule has 0 radical (unpaired) electrons. The molecule has 0 N–H and O–H groups in total. The van der Waals surface area contributed by atoms with Crippen molar-refractivity contribution in [1.82, 2.24) is 0 Å². The monoisotopic (exact) mass is 532 g/mol. The van der Waals surface area contributed by atoms with Crippen LogP contribution in [0.4, 0.5) is 74.6 Å². The van der Waals surface area contributed by atoms with Gasteiger partial charge in [-0.25, -0.2) is 4.79 Å². The molecule has 0 rings (SSSR count). The number of alkyl halides is 17. The Morgan fingerprint density at radius 1 is 0.606 bits per heavy atom. The van der Waals surface area contributed by atoms with Gasteiger partial charge in [-0.1, -0.05) is 13.0 Å². The van der Waals surface area contributed by atoms with E-state index in [-0.39, 0.29) is 6.42 Å². The Morgan fingerprint density at radius 2 is 0.909 bits per heavy atom. The van der Waals surface area contributed by atoms with Crippen molar-refractivity contribution in [2.24, 2.45) is 0 Å². The molecule has 0 bridgehead atoms. The lowest BCUT2D eigenvalue weighted by Gasteiger charge is -2.42. The van der Waals surface area contributed by atoms with Gasteiger partial charge in [-0.05, 0) is 13.3 Å². The Bertz CT molecular complexity index is 762. The predicted molar refractivity (Wildman–Crippen MR) is 70.8 cm³/mol. The standard InChI is InChI=1S/C14H9F17O2/c1-3-4-5(2)6(32)33-14(30,31)12(25,26)10(21,22)8(17,18)7(15,16)9(19,20)11(23,24)13(27,28)29/h4H,3H2,1-2H3. The van der Waals surface area contributed by atoms with Crippen LogP contribution in [0.1, 0.15) is 20.3 Å². The summed E-state index contributed by atoms with van der Waals surface area (Å²) < 4.78 is 224. The maximum atomic E-state index is 13.5. The molecule has 0 unspecified atom stereocenters. The zero-order valence-electron chi connectivity index (χ0n) is 15.5. The lowest BCUT2D eigenvalue weighted by Crippen LogP contribution is -2.74. The fourth-order valence-corrected chi connectivity index (χ4v) is 1.80. The van der Waals surface area contributed by atoms with Crippen LogP contribution in [0.5, 0.6) is 0 Å². The summed E-state index contributed by atoms with van der Waals surface area (Å²) in [6.45, 7) is 1.72. The molecule has 0 aliphatic rings. The van der Waals surface area contributed by atoms with E-state index in [1.54, 1.807) is 0 Å². The van der Waals surface area contributed by atoms with Gasteiger partial charge in [0.15, 0.2) is 0 Å². The topological polar surface area (TPSA) is 26.3 Å². The zero-order chi connectivity index (χ0) is 27.3. The van der Waals surface area contributed by atoms with Crippen molar-refractivity contribution >= 4 is 5.97 Å². The van der Waals surface area contributed by atoms with Crippen molar-refractivity contribution in [3.8, 4) is 0 Å². The summed E-state index contributed by atoms with van der Waals surface area (Å²) in [4.78, 5) is 11.1. The summed E-state index contributed by atoms with van der Waals surface area (Å²) in [7, 11) is 0. The molecule has 0 aromatic carbocycles. The third-order valence-electron chi connectivity index (χ3n) is 3.75. The number of ether oxygens (including phenoxy) is 1. The van der Waals surface area contributed by atoms with Crippen molar-refractivity contribution < 1.29 is 84.2 Å². The Balaban J connectivity index is 6.64. The van der Waals surface area contributed by atoms with Crippen LogP contribution in [0.15, 0.2) is 11.6 Å². The first-order valence-electron chi connectivity index (χ1n) is 7.73. The minimum absolute atomic E-state index is 0.216. The van der Waals surface area contributed by atoms with Crippen molar-refractivity contribution in [2.75, 3.05) is 0 Å². The van der Waals surface area contributed by atoms with Gasteiger partial charge in [0.25, 0.3) is 0 Å². The summed E-state index contributed by atoms with van der Waals surface area (Å²) in [6, 6.07) is 0. The molecule has 0 aromatic rings. The number of hydrogen-bond donors (Lipinski definition) is 0. The quantitative estimate of drug-likeness (QED) is 0.185. The summed E-state index contributed by atoms with van der Waals surface area (Å²) in [5.74, 6) is -53.5. The van der Waals surface area contributed by atoms with Crippen LogP contribution in [0.3, 0.4) is 0 Å². The first-order chi connectivity index (χ1) is 14.1. The lowest BCUT2D eigenvalue weighted by atomic mass is 9.90. The SMILES string of the molecule is CCC=C(C)C(=O)OC(F)(F)C(F)(F)C(F)(F)C(F)(F)C(F)(F)C(F)(F)C(F)(F)C(F)(F)F. The Hall–Kier alpha value is -1.98. The summed E-state index contributed by atoms with van der Waals surface area (Å²) in [5, 5.41) is 0. The van der Waals surface area contributed by atoms with Crippen molar-refractivity contribution in [3.05, 3.63) is 11.6 Å². The van der Waals surface area contributed by atoms with E-state index < -0.39 is 59.4 Å². The fraction of sp³-hybridized carbons (Fsp3) is 0.786. The molecule has 0 saturated heterocycles. The minimum Gasteiger partial charge on any atom is -0.393 e. The maximum absolute atomic E-state index is 13.5. The number of carbonyl (C=O) groups excluding carboxylic acids is 1. The van der Waals surface area contributed by atoms with Crippen LogP contribution in [0.25, 0.3) is 0 Å². The Morgan fingerprint density at radius 3 is 1.21 bits per heavy atom. The van der Waals surface area contributed by atoms with Gasteiger partial charge < -0.3 is 4.74 Å². The van der Waals surface area contributed by atoms with Crippen LogP contribution in [0.2, 0.25) is 0 Å². The maximum Gasteiger partial charge on any atom is 0.473 e. The highest BCUT2D eigenvalue weighted by Crippen LogP contribution is 2.64. The van der Waals surface area contributed by atoms with Gasteiger partial charge in [-0.2, -0.15) is 74.6 Å². The van der Waals surface area contributed by atoms with E-state index in [1.165, 1.54) is 6.92 Å². The molecular weight excluding hydrogens is 523 g/mol. The largest absolute Gasteiger partial charge is 0.473 e. The molecule has 2 nitrogen and oxygen atoms in total. The van der Waals surface area contributed by atoms with E-state index in [1.807, 2.05) is 0 Å². The molecule has 196 valence electrons. The molecule has 0 saturated carbocycles. The highest BCUT2D eigenvalue weighted by atomic mass is 19.4. The van der Waals surface area contributed by atoms with Crippen LogP contribution < -0.4 is 0 Å². The van der Waals surface area contributed by atoms with Crippen molar-refractivity contribution in [2.45, 2.75) is 68.1 Å². The molecule has 0 aliphatic heterocycles. The number of hydrogen-bond acceptors (Lipinski definition) is 2. The lowest BCUT2D eigenvalue weighted by molar-refractivity contribution is -0.473. The highest BCUT2D eigenvalue weighted by molar-refractivity contribution is 5.87. The van der Waals surface area contributed by atoms with E-state index in [2.05, 4.69) is 4.74 Å². The molecule has 0 aromatic heterocycles. The average molecular weight is 532 g/mol. The van der Waals surface area contributed by atoms with Crippen LogP contribution >= 0.6 is 0 Å². The van der Waals surface area contributed by atoms with Gasteiger partial charge in [0.05, 0.1) is 0 Å². The van der Waals surface area contributed by atoms with E-state index in [0.717, 1.165) is 0 Å². The summed E-state index contributed by atoms with van der Waals surface area (Å²) in [6.07, 6.45) is -14.6. The summed E-state index contributed by atoms with van der Waals surface area (Å²) >= 11 is 0. The highest BCUT2D eigenvalue weighted by Gasteiger charge is 2.95. The molecule has 0 atom stereocenters. The molecule has 33 heavy (non-hydrogen) atoms. The first-order valence-corrected chi connectivity index (χ1v) is 7.73. The van der Waals surface area contributed by atoms with Gasteiger partial charge in [0, 0.05) is 5.57 Å². The smallest absolute Gasteiger partial charge is 0.393 e. The van der Waals surface area contributed by atoms with Crippen LogP contribution in [0, 0.1) is 0 Å². The molecule has 0 spiro atoms. The van der Waals surface area contributed by atoms with Gasteiger partial charge >= 0.3 is 53.8 Å². The Kier molecular flexibility index (Phi) is 7.85. The van der Waals surface area contributed by atoms with Crippen LogP contribution in [-0.4, -0.2) is 53.8 Å². The number of halogens is 17. The molecule has 0 amide bonds. The van der Waals surface area contributed by atoms with E-state index in [0.29, 0.717) is 13.0 Å². The fourth-order valence-electron chi connectivity index (χ4n) is 1.80. The van der Waals surface area contributed by atoms with Gasteiger partial charge in [0.1, 0.15) is 0 Å². The predicted octanol–water partition coefficient (Wildman–Crippen LogP) is 6.85. The van der Waals surface area contributed by atoms with Crippen molar-refractivity contribution in [1.29, 1.82) is 0 Å². The molecule has 0 fully saturated rings. The van der Waals surface area contributed by atoms with E-state index >= 15 is 0 Å². The van der Waals surface area contributed by atoms with E-state index in [4.69, 9.17) is 0 Å². The third kappa shape index (κ3) is 4.42. The number of carbonyl (C=O) groups is 1. The average Bonchev–Trinajstić information content (AvgIpc) is 2.59. The number of esters is 1. The minimum atomic E-state index is -8.73. The second-order valence-electron chi connectivity index (χ2n) is 6.15. The Labute approximate surface area is 171 Å². The molecule has 0 heterocycles. The second kappa shape index (κ2) is 8.35. The van der Waals surface area contributed by atoms with Gasteiger partial charge in [-0.15, -0.1) is 0 Å². The summed E-state index contributed by atoms with van der Waals surface area (Å²) in [5.41, 5.74) is -1.05. The van der Waals surface area contributed by atoms with Gasteiger partial charge in [-0.3, -0.25) is 0 Å². The second-order valence-corrected chi connectivity index (χ2v) is 6.15. The van der Waals surface area contributed by atoms with Gasteiger partial charge in [0.2, 0.25) is 0 Å². The zero-order valence-corrected chi connectivity index (χ0v) is 15.5. The molecular formula is C14H9F17O2. The number of rotatable bonds is 9. The van der Waals surface area contributed by atoms with E-state index in [9.17, 15) is 79.4 Å². The number of allylic oxidation sites excluding steroid dienone is 1. The first kappa shape index (κ1) is 31.0. The van der Waals surface area contributed by atoms with Crippen molar-refractivity contribution in [3.63, 3.8) is 0 Å². The van der Waals surface area contributed by atoms with Crippen LogP contribution in [-0.2, 0) is 9.53 Å². The third-order valence-corrected chi connectivity index (χ3v) is 3.75.